The molecular formula is C14H13N5O3S. The van der Waals surface area contributed by atoms with Crippen molar-refractivity contribution in [2.75, 3.05) is 0 Å². The highest BCUT2D eigenvalue weighted by molar-refractivity contribution is 7.99. The molecular weight excluding hydrogens is 318 g/mol. The monoisotopic (exact) mass is 331 g/mol. The fourth-order valence-electron chi connectivity index (χ4n) is 2.05. The molecule has 23 heavy (non-hydrogen) atoms. The van der Waals surface area contributed by atoms with E-state index in [0.29, 0.717) is 11.7 Å². The predicted octanol–water partition coefficient (Wildman–Crippen LogP) is 3.08. The number of hydrogen-bond acceptors (Lipinski definition) is 7. The average molecular weight is 331 g/mol. The molecule has 0 saturated carbocycles. The van der Waals surface area contributed by atoms with Crippen molar-refractivity contribution in [2.45, 2.75) is 23.9 Å². The summed E-state index contributed by atoms with van der Waals surface area (Å²) in [6.45, 7) is 2.39. The van der Waals surface area contributed by atoms with Crippen molar-refractivity contribution in [3.8, 4) is 0 Å². The van der Waals surface area contributed by atoms with Gasteiger partial charge < -0.3 is 4.42 Å². The Hall–Kier alpha value is -2.68. The third-order valence-electron chi connectivity index (χ3n) is 3.22. The van der Waals surface area contributed by atoms with Crippen molar-refractivity contribution in [3.05, 3.63) is 64.1 Å². The van der Waals surface area contributed by atoms with Crippen LogP contribution in [-0.2, 0) is 6.54 Å². The summed E-state index contributed by atoms with van der Waals surface area (Å²) in [6, 6.07) is 10.2. The molecule has 9 heteroatoms. The molecule has 0 radical (unpaired) electrons. The highest BCUT2D eigenvalue weighted by atomic mass is 32.2. The van der Waals surface area contributed by atoms with E-state index in [4.69, 9.17) is 4.42 Å². The minimum Gasteiger partial charge on any atom is -0.467 e. The number of rotatable bonds is 6. The van der Waals surface area contributed by atoms with Crippen LogP contribution in [0.4, 0.5) is 5.69 Å². The van der Waals surface area contributed by atoms with Gasteiger partial charge in [-0.15, -0.1) is 5.10 Å². The van der Waals surface area contributed by atoms with E-state index < -0.39 is 4.92 Å². The summed E-state index contributed by atoms with van der Waals surface area (Å²) in [4.78, 5) is 10.5. The molecule has 0 spiro atoms. The zero-order valence-electron chi connectivity index (χ0n) is 12.2. The lowest BCUT2D eigenvalue weighted by molar-refractivity contribution is -0.384. The van der Waals surface area contributed by atoms with Gasteiger partial charge in [0, 0.05) is 17.4 Å². The van der Waals surface area contributed by atoms with Gasteiger partial charge in [-0.05, 0) is 35.0 Å². The second-order valence-corrected chi connectivity index (χ2v) is 6.12. The molecule has 1 aromatic carbocycles. The molecule has 118 valence electrons. The van der Waals surface area contributed by atoms with E-state index in [1.807, 2.05) is 19.1 Å². The molecule has 0 aliphatic carbocycles. The van der Waals surface area contributed by atoms with Crippen LogP contribution in [0.15, 0.2) is 52.2 Å². The molecule has 0 aliphatic rings. The summed E-state index contributed by atoms with van der Waals surface area (Å²) >= 11 is 1.43. The number of furan rings is 1. The summed E-state index contributed by atoms with van der Waals surface area (Å²) in [6.07, 6.45) is 1.60. The number of thioether (sulfide) groups is 1. The van der Waals surface area contributed by atoms with E-state index in [9.17, 15) is 10.1 Å². The van der Waals surface area contributed by atoms with Crippen molar-refractivity contribution in [2.24, 2.45) is 0 Å². The van der Waals surface area contributed by atoms with E-state index in [1.165, 1.54) is 17.8 Å². The van der Waals surface area contributed by atoms with Crippen LogP contribution >= 0.6 is 11.8 Å². The Bertz CT molecular complexity index is 802. The molecule has 8 nitrogen and oxygen atoms in total. The lowest BCUT2D eigenvalue weighted by atomic mass is 10.1. The van der Waals surface area contributed by atoms with Crippen LogP contribution in [0.5, 0.6) is 0 Å². The molecule has 0 amide bonds. The van der Waals surface area contributed by atoms with E-state index in [2.05, 4.69) is 15.5 Å². The molecule has 2 aromatic heterocycles. The highest BCUT2D eigenvalue weighted by Crippen LogP contribution is 2.34. The Balaban J connectivity index is 1.76. The largest absolute Gasteiger partial charge is 0.467 e. The van der Waals surface area contributed by atoms with Crippen molar-refractivity contribution < 1.29 is 9.34 Å². The SMILES string of the molecule is CC(Sc1nnnn1Cc1ccco1)c1cccc([N+](=O)[O-])c1. The second-order valence-electron chi connectivity index (χ2n) is 4.81. The van der Waals surface area contributed by atoms with Crippen LogP contribution in [0.3, 0.4) is 0 Å². The Kier molecular flexibility index (Phi) is 4.38. The molecule has 0 saturated heterocycles. The number of non-ortho nitro benzene ring substituents is 1. The van der Waals surface area contributed by atoms with Crippen molar-refractivity contribution >= 4 is 17.4 Å². The van der Waals surface area contributed by atoms with Crippen LogP contribution in [0.2, 0.25) is 0 Å². The van der Waals surface area contributed by atoms with Gasteiger partial charge >= 0.3 is 0 Å². The van der Waals surface area contributed by atoms with E-state index in [-0.39, 0.29) is 10.9 Å². The number of benzene rings is 1. The topological polar surface area (TPSA) is 99.9 Å². The van der Waals surface area contributed by atoms with Gasteiger partial charge in [-0.1, -0.05) is 23.9 Å². The number of nitro benzene ring substituents is 1. The van der Waals surface area contributed by atoms with E-state index >= 15 is 0 Å². The number of nitro groups is 1. The smallest absolute Gasteiger partial charge is 0.269 e. The molecule has 2 heterocycles. The van der Waals surface area contributed by atoms with Crippen LogP contribution in [0, 0.1) is 10.1 Å². The van der Waals surface area contributed by atoms with Gasteiger partial charge in [0.15, 0.2) is 0 Å². The minimum atomic E-state index is -0.401. The number of aromatic nitrogens is 4. The fourth-order valence-corrected chi connectivity index (χ4v) is 2.95. The first-order valence-electron chi connectivity index (χ1n) is 6.83. The zero-order valence-corrected chi connectivity index (χ0v) is 13.0. The van der Waals surface area contributed by atoms with Gasteiger partial charge in [-0.2, -0.15) is 0 Å². The van der Waals surface area contributed by atoms with Gasteiger partial charge in [0.05, 0.1) is 11.2 Å². The summed E-state index contributed by atoms with van der Waals surface area (Å²) in [5.41, 5.74) is 0.918. The standard InChI is InChI=1S/C14H13N5O3S/c1-10(11-4-2-5-12(8-11)19(20)21)23-14-15-16-17-18(14)9-13-6-3-7-22-13/h2-8,10H,9H2,1H3. The maximum atomic E-state index is 10.9. The Morgan fingerprint density at radius 1 is 1.39 bits per heavy atom. The van der Waals surface area contributed by atoms with Gasteiger partial charge in [0.2, 0.25) is 5.16 Å². The van der Waals surface area contributed by atoms with E-state index in [1.54, 1.807) is 29.1 Å². The molecule has 0 N–H and O–H groups in total. The predicted molar refractivity (Wildman–Crippen MR) is 83.0 cm³/mol. The summed E-state index contributed by atoms with van der Waals surface area (Å²) in [7, 11) is 0. The maximum absolute atomic E-state index is 10.9. The molecule has 0 fully saturated rings. The number of hydrogen-bond donors (Lipinski definition) is 0. The van der Waals surface area contributed by atoms with Crippen LogP contribution in [0.25, 0.3) is 0 Å². The second kappa shape index (κ2) is 6.61. The third kappa shape index (κ3) is 3.57. The number of nitrogens with zero attached hydrogens (tertiary/aromatic N) is 5. The lowest BCUT2D eigenvalue weighted by Gasteiger charge is -2.10. The first kappa shape index (κ1) is 15.2. The van der Waals surface area contributed by atoms with Gasteiger partial charge in [-0.25, -0.2) is 4.68 Å². The third-order valence-corrected chi connectivity index (χ3v) is 4.35. The molecule has 1 atom stereocenters. The Morgan fingerprint density at radius 3 is 3.00 bits per heavy atom. The summed E-state index contributed by atoms with van der Waals surface area (Å²) < 4.78 is 6.93. The first-order chi connectivity index (χ1) is 11.1. The van der Waals surface area contributed by atoms with Crippen LogP contribution in [0.1, 0.15) is 23.5 Å². The molecule has 0 bridgehead atoms. The van der Waals surface area contributed by atoms with Gasteiger partial charge in [0.1, 0.15) is 12.3 Å². The van der Waals surface area contributed by atoms with Gasteiger partial charge in [-0.3, -0.25) is 10.1 Å². The molecule has 1 unspecified atom stereocenters. The molecule has 0 aliphatic heterocycles. The van der Waals surface area contributed by atoms with Crippen LogP contribution in [-0.4, -0.2) is 25.1 Å². The normalized spacial score (nSPS) is 12.2. The average Bonchev–Trinajstić information content (AvgIpc) is 3.20. The Morgan fingerprint density at radius 2 is 2.26 bits per heavy atom. The van der Waals surface area contributed by atoms with Crippen molar-refractivity contribution in [1.29, 1.82) is 0 Å². The van der Waals surface area contributed by atoms with Crippen LogP contribution < -0.4 is 0 Å². The zero-order chi connectivity index (χ0) is 16.2. The highest BCUT2D eigenvalue weighted by Gasteiger charge is 2.16. The number of tetrazole rings is 1. The van der Waals surface area contributed by atoms with E-state index in [0.717, 1.165) is 11.3 Å². The quantitative estimate of drug-likeness (QED) is 0.389. The summed E-state index contributed by atoms with van der Waals surface area (Å²) in [5.74, 6) is 0.752. The minimum absolute atomic E-state index is 0.0312. The van der Waals surface area contributed by atoms with Crippen molar-refractivity contribution in [3.63, 3.8) is 0 Å². The lowest BCUT2D eigenvalue weighted by Crippen LogP contribution is -2.04. The summed E-state index contributed by atoms with van der Waals surface area (Å²) in [5, 5.41) is 23.1. The van der Waals surface area contributed by atoms with Gasteiger partial charge in [0.25, 0.3) is 5.69 Å². The molecule has 3 aromatic rings. The Labute approximate surface area is 135 Å². The first-order valence-corrected chi connectivity index (χ1v) is 7.71. The molecule has 3 rings (SSSR count). The van der Waals surface area contributed by atoms with Crippen molar-refractivity contribution in [1.82, 2.24) is 20.2 Å². The maximum Gasteiger partial charge on any atom is 0.269 e. The fraction of sp³-hybridized carbons (Fsp3) is 0.214.